The molecule has 0 saturated carbocycles. The summed E-state index contributed by atoms with van der Waals surface area (Å²) in [5.74, 6) is -0.593. The van der Waals surface area contributed by atoms with Crippen LogP contribution in [0.5, 0.6) is 0 Å². The van der Waals surface area contributed by atoms with Gasteiger partial charge >= 0.3 is 0 Å². The maximum Gasteiger partial charge on any atom is 0.294 e. The predicted molar refractivity (Wildman–Crippen MR) is 120 cm³/mol. The summed E-state index contributed by atoms with van der Waals surface area (Å²) in [5, 5.41) is 29.2. The van der Waals surface area contributed by atoms with Crippen molar-refractivity contribution >= 4 is 61.7 Å². The van der Waals surface area contributed by atoms with E-state index in [9.17, 15) is 25.0 Å². The Labute approximate surface area is 184 Å². The van der Waals surface area contributed by atoms with Gasteiger partial charge in [-0.15, -0.1) is 11.3 Å². The van der Waals surface area contributed by atoms with Crippen LogP contribution in [0.15, 0.2) is 36.4 Å². The third-order valence-electron chi connectivity index (χ3n) is 4.92. The molecule has 2 heterocycles. The second-order valence-electron chi connectivity index (χ2n) is 6.81. The molecule has 31 heavy (non-hydrogen) atoms. The monoisotopic (exact) mass is 461 g/mol. The van der Waals surface area contributed by atoms with E-state index in [-0.39, 0.29) is 27.0 Å². The second-order valence-corrected chi connectivity index (χ2v) is 8.21. The minimum Gasteiger partial charge on any atom is -0.363 e. The number of fused-ring (bicyclic) bond motifs is 1. The highest BCUT2D eigenvalue weighted by Crippen LogP contribution is 2.40. The first kappa shape index (κ1) is 21.0. The zero-order valence-corrected chi connectivity index (χ0v) is 17.5. The van der Waals surface area contributed by atoms with Gasteiger partial charge in [-0.25, -0.2) is 0 Å². The molecule has 1 amide bonds. The minimum absolute atomic E-state index is 0.0970. The molecule has 1 fully saturated rings. The van der Waals surface area contributed by atoms with Crippen LogP contribution >= 0.6 is 22.9 Å². The Kier molecular flexibility index (Phi) is 5.72. The average Bonchev–Trinajstić information content (AvgIpc) is 3.11. The largest absolute Gasteiger partial charge is 0.363 e. The maximum absolute atomic E-state index is 12.8. The first-order valence-corrected chi connectivity index (χ1v) is 10.5. The van der Waals surface area contributed by atoms with Crippen molar-refractivity contribution in [1.82, 2.24) is 5.32 Å². The normalized spacial score (nSPS) is 13.9. The molecule has 12 heteroatoms. The van der Waals surface area contributed by atoms with E-state index in [1.54, 1.807) is 18.2 Å². The first-order chi connectivity index (χ1) is 14.9. The molecule has 10 nitrogen and oxygen atoms in total. The van der Waals surface area contributed by atoms with E-state index in [0.717, 1.165) is 24.4 Å². The van der Waals surface area contributed by atoms with Gasteiger partial charge in [-0.3, -0.25) is 25.0 Å². The zero-order valence-electron chi connectivity index (χ0n) is 16.0. The molecule has 4 rings (SSSR count). The number of hydrogen-bond donors (Lipinski definition) is 2. The van der Waals surface area contributed by atoms with Gasteiger partial charge in [0.05, 0.1) is 14.9 Å². The molecule has 0 unspecified atom stereocenters. The quantitative estimate of drug-likeness (QED) is 0.433. The van der Waals surface area contributed by atoms with Gasteiger partial charge in [0.2, 0.25) is 0 Å². The van der Waals surface area contributed by atoms with Crippen LogP contribution in [0.1, 0.15) is 9.67 Å². The molecular weight excluding hydrogens is 446 g/mol. The van der Waals surface area contributed by atoms with E-state index in [1.807, 2.05) is 4.90 Å². The van der Waals surface area contributed by atoms with Crippen LogP contribution in [0.25, 0.3) is 10.1 Å². The third kappa shape index (κ3) is 4.02. The van der Waals surface area contributed by atoms with Crippen LogP contribution in [0.2, 0.25) is 5.02 Å². The lowest BCUT2D eigenvalue weighted by molar-refractivity contribution is -0.384. The molecule has 0 radical (unpaired) electrons. The Balaban J connectivity index is 1.65. The molecule has 1 aliphatic rings. The fourth-order valence-corrected chi connectivity index (χ4v) is 4.96. The average molecular weight is 462 g/mol. The molecule has 1 aliphatic heterocycles. The second kappa shape index (κ2) is 8.46. The minimum atomic E-state index is -0.593. The van der Waals surface area contributed by atoms with E-state index < -0.39 is 15.8 Å². The summed E-state index contributed by atoms with van der Waals surface area (Å²) in [4.78, 5) is 36.7. The number of amides is 1. The Bertz CT molecular complexity index is 1210. The molecule has 0 atom stereocenters. The lowest BCUT2D eigenvalue weighted by Crippen LogP contribution is -2.43. The molecule has 2 N–H and O–H groups in total. The van der Waals surface area contributed by atoms with Gasteiger partial charge in [0, 0.05) is 49.4 Å². The van der Waals surface area contributed by atoms with E-state index in [0.29, 0.717) is 28.9 Å². The van der Waals surface area contributed by atoms with E-state index in [1.165, 1.54) is 18.2 Å². The molecule has 1 aromatic heterocycles. The number of nitro groups is 2. The lowest BCUT2D eigenvalue weighted by Gasteiger charge is -2.29. The van der Waals surface area contributed by atoms with Gasteiger partial charge in [0.25, 0.3) is 17.3 Å². The molecule has 0 bridgehead atoms. The van der Waals surface area contributed by atoms with Gasteiger partial charge in [-0.2, -0.15) is 0 Å². The SMILES string of the molecule is O=C(Nc1ccc(N2CCNCC2)c([N+](=O)[O-])c1)c1sc2c([N+](=O)[O-])cccc2c1Cl. The van der Waals surface area contributed by atoms with Crippen molar-refractivity contribution in [3.05, 3.63) is 66.5 Å². The number of nitrogens with zero attached hydrogens (tertiary/aromatic N) is 3. The van der Waals surface area contributed by atoms with Crippen molar-refractivity contribution < 1.29 is 14.6 Å². The van der Waals surface area contributed by atoms with Gasteiger partial charge < -0.3 is 15.5 Å². The van der Waals surface area contributed by atoms with Crippen LogP contribution < -0.4 is 15.5 Å². The number of halogens is 1. The summed E-state index contributed by atoms with van der Waals surface area (Å²) in [6.07, 6.45) is 0. The maximum atomic E-state index is 12.8. The molecule has 1 saturated heterocycles. The van der Waals surface area contributed by atoms with Crippen molar-refractivity contribution in [1.29, 1.82) is 0 Å². The van der Waals surface area contributed by atoms with Crippen molar-refractivity contribution in [3.63, 3.8) is 0 Å². The number of nitrogens with one attached hydrogen (secondary N) is 2. The summed E-state index contributed by atoms with van der Waals surface area (Å²) in [6.45, 7) is 2.74. The van der Waals surface area contributed by atoms with Crippen LogP contribution in [-0.2, 0) is 0 Å². The van der Waals surface area contributed by atoms with Crippen LogP contribution in [0.4, 0.5) is 22.7 Å². The highest BCUT2D eigenvalue weighted by molar-refractivity contribution is 7.22. The number of non-ortho nitro benzene ring substituents is 1. The number of carbonyl (C=O) groups excluding carboxylic acids is 1. The Morgan fingerprint density at radius 3 is 2.48 bits per heavy atom. The smallest absolute Gasteiger partial charge is 0.294 e. The molecular formula is C19H16ClN5O5S. The van der Waals surface area contributed by atoms with Crippen molar-refractivity contribution in [3.8, 4) is 0 Å². The highest BCUT2D eigenvalue weighted by Gasteiger charge is 2.25. The van der Waals surface area contributed by atoms with Crippen LogP contribution in [0.3, 0.4) is 0 Å². The lowest BCUT2D eigenvalue weighted by atomic mass is 10.2. The van der Waals surface area contributed by atoms with E-state index in [4.69, 9.17) is 11.6 Å². The fourth-order valence-electron chi connectivity index (χ4n) is 3.47. The van der Waals surface area contributed by atoms with E-state index in [2.05, 4.69) is 10.6 Å². The number of piperazine rings is 1. The number of benzene rings is 2. The third-order valence-corrected chi connectivity index (χ3v) is 6.66. The van der Waals surface area contributed by atoms with Crippen LogP contribution in [-0.4, -0.2) is 41.9 Å². The standard InChI is InChI=1S/C19H16ClN5O5S/c20-16-12-2-1-3-14(24(27)28)17(12)31-18(16)19(26)22-11-4-5-13(15(10-11)25(29)30)23-8-6-21-7-9-23/h1-5,10,21H,6-9H2,(H,22,26). The number of nitro benzene ring substituents is 2. The van der Waals surface area contributed by atoms with Crippen molar-refractivity contribution in [2.24, 2.45) is 0 Å². The van der Waals surface area contributed by atoms with Gasteiger partial charge in [-0.1, -0.05) is 23.7 Å². The highest BCUT2D eigenvalue weighted by atomic mass is 35.5. The van der Waals surface area contributed by atoms with Crippen molar-refractivity contribution in [2.75, 3.05) is 36.4 Å². The first-order valence-electron chi connectivity index (χ1n) is 9.27. The summed E-state index contributed by atoms with van der Waals surface area (Å²) in [7, 11) is 0. The topological polar surface area (TPSA) is 131 Å². The van der Waals surface area contributed by atoms with Gasteiger partial charge in [-0.05, 0) is 12.1 Å². The summed E-state index contributed by atoms with van der Waals surface area (Å²) in [5.41, 5.74) is 0.468. The summed E-state index contributed by atoms with van der Waals surface area (Å²) >= 11 is 7.22. The Morgan fingerprint density at radius 1 is 1.10 bits per heavy atom. The van der Waals surface area contributed by atoms with E-state index >= 15 is 0 Å². The van der Waals surface area contributed by atoms with Gasteiger partial charge in [0.1, 0.15) is 15.3 Å². The summed E-state index contributed by atoms with van der Waals surface area (Å²) < 4.78 is 0.294. The molecule has 0 aliphatic carbocycles. The van der Waals surface area contributed by atoms with Crippen molar-refractivity contribution in [2.45, 2.75) is 0 Å². The summed E-state index contributed by atoms with van der Waals surface area (Å²) in [6, 6.07) is 8.94. The number of thiophene rings is 1. The Morgan fingerprint density at radius 2 is 1.81 bits per heavy atom. The molecule has 0 spiro atoms. The Hall–Kier alpha value is -3.28. The fraction of sp³-hybridized carbons (Fsp3) is 0.211. The number of rotatable bonds is 5. The van der Waals surface area contributed by atoms with Crippen LogP contribution in [0, 0.1) is 20.2 Å². The zero-order chi connectivity index (χ0) is 22.1. The number of carbonyl (C=O) groups is 1. The number of anilines is 2. The van der Waals surface area contributed by atoms with Gasteiger partial charge in [0.15, 0.2) is 0 Å². The predicted octanol–water partition coefficient (Wildman–Crippen LogP) is 4.03. The molecule has 3 aromatic rings. The molecule has 160 valence electrons. The number of hydrogen-bond acceptors (Lipinski definition) is 8. The molecule has 2 aromatic carbocycles.